The van der Waals surface area contributed by atoms with Crippen LogP contribution in [0.25, 0.3) is 0 Å². The van der Waals surface area contributed by atoms with Crippen LogP contribution in [-0.4, -0.2) is 32.1 Å². The molecule has 0 unspecified atom stereocenters. The third-order valence-electron chi connectivity index (χ3n) is 7.88. The molecular formula is C31H35NO5. The quantitative estimate of drug-likeness (QED) is 0.500. The lowest BCUT2D eigenvalue weighted by Crippen LogP contribution is -2.36. The summed E-state index contributed by atoms with van der Waals surface area (Å²) >= 11 is 0. The molecule has 37 heavy (non-hydrogen) atoms. The van der Waals surface area contributed by atoms with E-state index in [2.05, 4.69) is 11.4 Å². The summed E-state index contributed by atoms with van der Waals surface area (Å²) in [6.07, 6.45) is 4.96. The number of dihydropyridines is 1. The molecule has 6 heteroatoms. The van der Waals surface area contributed by atoms with Crippen molar-refractivity contribution < 1.29 is 23.8 Å². The van der Waals surface area contributed by atoms with E-state index in [0.717, 1.165) is 53.8 Å². The molecule has 0 saturated heterocycles. The second-order valence-corrected chi connectivity index (χ2v) is 10.4. The van der Waals surface area contributed by atoms with Gasteiger partial charge in [0.2, 0.25) is 0 Å². The molecule has 0 radical (unpaired) electrons. The van der Waals surface area contributed by atoms with Crippen molar-refractivity contribution in [3.8, 4) is 11.5 Å². The second-order valence-electron chi connectivity index (χ2n) is 10.4. The van der Waals surface area contributed by atoms with Crippen molar-refractivity contribution in [3.63, 3.8) is 0 Å². The van der Waals surface area contributed by atoms with Gasteiger partial charge in [-0.1, -0.05) is 35.9 Å². The Bertz CT molecular complexity index is 1280. The number of methoxy groups -OCH3 is 2. The summed E-state index contributed by atoms with van der Waals surface area (Å²) in [7, 11) is 3.23. The van der Waals surface area contributed by atoms with Gasteiger partial charge in [0.25, 0.3) is 0 Å². The molecule has 6 nitrogen and oxygen atoms in total. The predicted molar refractivity (Wildman–Crippen MR) is 142 cm³/mol. The SMILES string of the molecule is COc1ccc([C@H]2CC(=O)C3=C(C2)NC(C)=C(C(=O)OC2CCCC2)[C@H]3c2cccc(C)c2)cc1OC. The molecule has 1 fully saturated rings. The lowest BCUT2D eigenvalue weighted by atomic mass is 9.71. The van der Waals surface area contributed by atoms with Gasteiger partial charge >= 0.3 is 5.97 Å². The van der Waals surface area contributed by atoms with Gasteiger partial charge in [-0.25, -0.2) is 4.79 Å². The van der Waals surface area contributed by atoms with E-state index in [1.807, 2.05) is 50.2 Å². The van der Waals surface area contributed by atoms with E-state index in [0.29, 0.717) is 35.5 Å². The van der Waals surface area contributed by atoms with Crippen molar-refractivity contribution in [1.29, 1.82) is 0 Å². The average molecular weight is 502 g/mol. The fourth-order valence-electron chi connectivity index (χ4n) is 6.06. The molecule has 2 aromatic carbocycles. The predicted octanol–water partition coefficient (Wildman–Crippen LogP) is 5.86. The number of carbonyl (C=O) groups is 2. The molecule has 2 aromatic rings. The first-order chi connectivity index (χ1) is 17.9. The molecule has 0 amide bonds. The number of allylic oxidation sites excluding steroid dienone is 3. The van der Waals surface area contributed by atoms with Crippen molar-refractivity contribution >= 4 is 11.8 Å². The molecule has 0 bridgehead atoms. The number of hydrogen-bond donors (Lipinski definition) is 1. The number of ketones is 1. The largest absolute Gasteiger partial charge is 0.493 e. The van der Waals surface area contributed by atoms with Gasteiger partial charge in [0.15, 0.2) is 17.3 Å². The molecule has 0 aromatic heterocycles. The van der Waals surface area contributed by atoms with Gasteiger partial charge in [-0.3, -0.25) is 4.79 Å². The van der Waals surface area contributed by atoms with Crippen LogP contribution in [0.4, 0.5) is 0 Å². The Kier molecular flexibility index (Phi) is 7.09. The Balaban J connectivity index is 1.53. The summed E-state index contributed by atoms with van der Waals surface area (Å²) in [6, 6.07) is 13.9. The number of nitrogens with one attached hydrogen (secondary N) is 1. The standard InChI is InChI=1S/C31H35NO5/c1-18-8-7-9-21(14-18)29-28(31(34)37-23-10-5-6-11-23)19(2)32-24-15-22(16-25(33)30(24)29)20-12-13-26(35-3)27(17-20)36-4/h7-9,12-14,17,22-23,29,32H,5-6,10-11,15-16H2,1-4H3/t22-,29-/m1/s1. The van der Waals surface area contributed by atoms with Gasteiger partial charge in [-0.05, 0) is 75.1 Å². The number of carbonyl (C=O) groups excluding carboxylic acids is 2. The number of rotatable bonds is 6. The first kappa shape index (κ1) is 25.1. The second kappa shape index (κ2) is 10.4. The van der Waals surface area contributed by atoms with Crippen LogP contribution < -0.4 is 14.8 Å². The highest BCUT2D eigenvalue weighted by Crippen LogP contribution is 2.46. The minimum absolute atomic E-state index is 0.00324. The zero-order chi connectivity index (χ0) is 26.1. The number of aryl methyl sites for hydroxylation is 1. The number of esters is 1. The molecule has 194 valence electrons. The van der Waals surface area contributed by atoms with Gasteiger partial charge in [0.1, 0.15) is 6.10 Å². The van der Waals surface area contributed by atoms with Crippen molar-refractivity contribution in [1.82, 2.24) is 5.32 Å². The van der Waals surface area contributed by atoms with Gasteiger partial charge in [-0.15, -0.1) is 0 Å². The van der Waals surface area contributed by atoms with Crippen molar-refractivity contribution in [2.45, 2.75) is 70.3 Å². The molecule has 0 spiro atoms. The van der Waals surface area contributed by atoms with Gasteiger partial charge < -0.3 is 19.5 Å². The minimum atomic E-state index is -0.441. The minimum Gasteiger partial charge on any atom is -0.493 e. The van der Waals surface area contributed by atoms with Crippen LogP contribution in [0.15, 0.2) is 65.0 Å². The summed E-state index contributed by atoms with van der Waals surface area (Å²) in [5, 5.41) is 3.45. The van der Waals surface area contributed by atoms with E-state index >= 15 is 0 Å². The molecule has 5 rings (SSSR count). The third kappa shape index (κ3) is 4.89. The molecule has 1 saturated carbocycles. The first-order valence-corrected chi connectivity index (χ1v) is 13.1. The number of hydrogen-bond acceptors (Lipinski definition) is 6. The summed E-state index contributed by atoms with van der Waals surface area (Å²) in [6.45, 7) is 3.95. The van der Waals surface area contributed by atoms with E-state index in [1.165, 1.54) is 0 Å². The highest BCUT2D eigenvalue weighted by molar-refractivity contribution is 6.04. The number of benzene rings is 2. The maximum Gasteiger partial charge on any atom is 0.337 e. The first-order valence-electron chi connectivity index (χ1n) is 13.1. The summed E-state index contributed by atoms with van der Waals surface area (Å²) in [5.41, 5.74) is 5.95. The van der Waals surface area contributed by atoms with Crippen LogP contribution in [0.2, 0.25) is 0 Å². The Morgan fingerprint density at radius 1 is 0.919 bits per heavy atom. The number of ether oxygens (including phenoxy) is 3. The fourth-order valence-corrected chi connectivity index (χ4v) is 6.06. The van der Waals surface area contributed by atoms with Crippen LogP contribution in [0.1, 0.15) is 74.0 Å². The van der Waals surface area contributed by atoms with Gasteiger partial charge in [0, 0.05) is 29.3 Å². The third-order valence-corrected chi connectivity index (χ3v) is 7.88. The van der Waals surface area contributed by atoms with E-state index < -0.39 is 5.92 Å². The number of Topliss-reactive ketones (excluding diaryl/α,β-unsaturated/α-hetero) is 1. The summed E-state index contributed by atoms with van der Waals surface area (Å²) < 4.78 is 16.9. The molecule has 1 heterocycles. The van der Waals surface area contributed by atoms with Crippen LogP contribution >= 0.6 is 0 Å². The Morgan fingerprint density at radius 2 is 1.68 bits per heavy atom. The van der Waals surface area contributed by atoms with Crippen molar-refractivity contribution in [3.05, 3.63) is 81.7 Å². The Labute approximate surface area is 218 Å². The van der Waals surface area contributed by atoms with Gasteiger partial charge in [-0.2, -0.15) is 0 Å². The Hall–Kier alpha value is -3.54. The molecule has 2 aliphatic carbocycles. The van der Waals surface area contributed by atoms with Crippen molar-refractivity contribution in [2.24, 2.45) is 0 Å². The van der Waals surface area contributed by atoms with Crippen LogP contribution in [0.3, 0.4) is 0 Å². The van der Waals surface area contributed by atoms with E-state index in [4.69, 9.17) is 14.2 Å². The van der Waals surface area contributed by atoms with E-state index in [1.54, 1.807) is 14.2 Å². The molecule has 1 N–H and O–H groups in total. The fraction of sp³-hybridized carbons (Fsp3) is 0.419. The Morgan fingerprint density at radius 3 is 2.38 bits per heavy atom. The molecular weight excluding hydrogens is 466 g/mol. The maximum absolute atomic E-state index is 13.8. The lowest BCUT2D eigenvalue weighted by Gasteiger charge is -2.37. The zero-order valence-corrected chi connectivity index (χ0v) is 22.1. The maximum atomic E-state index is 13.8. The normalized spacial score (nSPS) is 22.0. The van der Waals surface area contributed by atoms with Crippen LogP contribution in [0, 0.1) is 6.92 Å². The molecule has 3 aliphatic rings. The van der Waals surface area contributed by atoms with Crippen molar-refractivity contribution in [2.75, 3.05) is 14.2 Å². The summed E-state index contributed by atoms with van der Waals surface area (Å²) in [4.78, 5) is 27.4. The van der Waals surface area contributed by atoms with E-state index in [-0.39, 0.29) is 23.8 Å². The topological polar surface area (TPSA) is 73.9 Å². The average Bonchev–Trinajstić information content (AvgIpc) is 3.40. The smallest absolute Gasteiger partial charge is 0.337 e. The molecule has 2 atom stereocenters. The monoisotopic (exact) mass is 501 g/mol. The zero-order valence-electron chi connectivity index (χ0n) is 22.1. The highest BCUT2D eigenvalue weighted by atomic mass is 16.5. The summed E-state index contributed by atoms with van der Waals surface area (Å²) in [5.74, 6) is 0.603. The van der Waals surface area contributed by atoms with Crippen LogP contribution in [0.5, 0.6) is 11.5 Å². The highest BCUT2D eigenvalue weighted by Gasteiger charge is 2.42. The lowest BCUT2D eigenvalue weighted by molar-refractivity contribution is -0.144. The molecule has 1 aliphatic heterocycles. The van der Waals surface area contributed by atoms with Crippen LogP contribution in [-0.2, 0) is 14.3 Å². The van der Waals surface area contributed by atoms with E-state index in [9.17, 15) is 9.59 Å². The van der Waals surface area contributed by atoms with Gasteiger partial charge in [0.05, 0.1) is 19.8 Å².